The number of amides is 1. The lowest BCUT2D eigenvalue weighted by molar-refractivity contribution is -0.133. The molecule has 0 spiro atoms. The van der Waals surface area contributed by atoms with E-state index in [4.69, 9.17) is 0 Å². The zero-order chi connectivity index (χ0) is 18.2. The smallest absolute Gasteiger partial charge is 0.222 e. The van der Waals surface area contributed by atoms with Gasteiger partial charge in [-0.25, -0.2) is 4.98 Å². The highest BCUT2D eigenvalue weighted by molar-refractivity contribution is 5.76. The molecular formula is C20H33N5O. The van der Waals surface area contributed by atoms with Crippen LogP contribution in [0.25, 0.3) is 0 Å². The number of likely N-dealkylation sites (tertiary alicyclic amines) is 1. The highest BCUT2D eigenvalue weighted by Gasteiger charge is 2.26. The van der Waals surface area contributed by atoms with Gasteiger partial charge in [0, 0.05) is 58.4 Å². The van der Waals surface area contributed by atoms with Gasteiger partial charge in [-0.05, 0) is 50.9 Å². The molecule has 2 aliphatic heterocycles. The van der Waals surface area contributed by atoms with Gasteiger partial charge in [0.1, 0.15) is 5.82 Å². The summed E-state index contributed by atoms with van der Waals surface area (Å²) >= 11 is 0. The van der Waals surface area contributed by atoms with E-state index in [0.29, 0.717) is 18.2 Å². The Bertz CT molecular complexity index is 544. The third-order valence-corrected chi connectivity index (χ3v) is 5.55. The Hall–Kier alpha value is -1.66. The van der Waals surface area contributed by atoms with Crippen LogP contribution in [0.2, 0.25) is 0 Å². The monoisotopic (exact) mass is 359 g/mol. The van der Waals surface area contributed by atoms with Crippen molar-refractivity contribution in [1.82, 2.24) is 20.1 Å². The fourth-order valence-corrected chi connectivity index (χ4v) is 4.08. The molecule has 1 N–H and O–H groups in total. The number of nitrogens with one attached hydrogen (secondary N) is 1. The summed E-state index contributed by atoms with van der Waals surface area (Å²) in [5.41, 5.74) is 0. The molecule has 3 rings (SSSR count). The van der Waals surface area contributed by atoms with Crippen LogP contribution in [0.15, 0.2) is 24.4 Å². The first-order valence-electron chi connectivity index (χ1n) is 10.1. The molecule has 1 unspecified atom stereocenters. The number of hydrogen-bond acceptors (Lipinski definition) is 5. The number of carbonyl (C=O) groups is 1. The molecule has 3 heterocycles. The van der Waals surface area contributed by atoms with Crippen LogP contribution in [0.4, 0.5) is 5.82 Å². The van der Waals surface area contributed by atoms with Crippen LogP contribution in [0.3, 0.4) is 0 Å². The number of anilines is 1. The van der Waals surface area contributed by atoms with Gasteiger partial charge in [-0.3, -0.25) is 9.69 Å². The van der Waals surface area contributed by atoms with E-state index >= 15 is 0 Å². The van der Waals surface area contributed by atoms with Crippen molar-refractivity contribution in [3.05, 3.63) is 24.4 Å². The first-order valence-corrected chi connectivity index (χ1v) is 10.1. The summed E-state index contributed by atoms with van der Waals surface area (Å²) in [5, 5.41) is 3.12. The summed E-state index contributed by atoms with van der Waals surface area (Å²) in [6.07, 6.45) is 5.88. The average molecular weight is 360 g/mol. The van der Waals surface area contributed by atoms with Crippen LogP contribution in [0.5, 0.6) is 0 Å². The zero-order valence-corrected chi connectivity index (χ0v) is 16.1. The Morgan fingerprint density at radius 1 is 1.23 bits per heavy atom. The highest BCUT2D eigenvalue weighted by Crippen LogP contribution is 2.20. The van der Waals surface area contributed by atoms with Crippen LogP contribution in [-0.4, -0.2) is 80.1 Å². The molecule has 144 valence electrons. The van der Waals surface area contributed by atoms with E-state index in [1.54, 1.807) is 0 Å². The quantitative estimate of drug-likeness (QED) is 0.747. The summed E-state index contributed by atoms with van der Waals surface area (Å²) in [7, 11) is 1.94. The van der Waals surface area contributed by atoms with E-state index in [1.807, 2.05) is 19.3 Å². The van der Waals surface area contributed by atoms with Gasteiger partial charge in [-0.2, -0.15) is 0 Å². The first kappa shape index (κ1) is 19.1. The van der Waals surface area contributed by atoms with Crippen LogP contribution in [0.1, 0.15) is 25.7 Å². The van der Waals surface area contributed by atoms with E-state index in [9.17, 15) is 4.79 Å². The molecule has 6 nitrogen and oxygen atoms in total. The minimum absolute atomic E-state index is 0.338. The molecule has 0 aromatic carbocycles. The first-order chi connectivity index (χ1) is 12.8. The topological polar surface area (TPSA) is 51.7 Å². The lowest BCUT2D eigenvalue weighted by Gasteiger charge is -2.39. The molecule has 1 amide bonds. The molecule has 0 bridgehead atoms. The molecule has 26 heavy (non-hydrogen) atoms. The average Bonchev–Trinajstić information content (AvgIpc) is 2.69. The zero-order valence-electron chi connectivity index (χ0n) is 16.1. The summed E-state index contributed by atoms with van der Waals surface area (Å²) in [4.78, 5) is 23.9. The number of rotatable bonds is 7. The Kier molecular flexibility index (Phi) is 7.26. The van der Waals surface area contributed by atoms with Crippen molar-refractivity contribution in [1.29, 1.82) is 0 Å². The van der Waals surface area contributed by atoms with Gasteiger partial charge in [-0.1, -0.05) is 6.07 Å². The third-order valence-electron chi connectivity index (χ3n) is 5.55. The van der Waals surface area contributed by atoms with Crippen molar-refractivity contribution in [2.24, 2.45) is 5.92 Å². The molecule has 0 radical (unpaired) electrons. The molecule has 6 heteroatoms. The fourth-order valence-electron chi connectivity index (χ4n) is 4.08. The summed E-state index contributed by atoms with van der Waals surface area (Å²) in [5.74, 6) is 2.05. The van der Waals surface area contributed by atoms with Crippen LogP contribution in [0, 0.1) is 5.92 Å². The molecule has 1 atom stereocenters. The van der Waals surface area contributed by atoms with Gasteiger partial charge >= 0.3 is 0 Å². The van der Waals surface area contributed by atoms with Gasteiger partial charge < -0.3 is 15.1 Å². The molecule has 0 saturated carbocycles. The molecule has 0 aliphatic carbocycles. The van der Waals surface area contributed by atoms with Gasteiger partial charge in [0.15, 0.2) is 0 Å². The summed E-state index contributed by atoms with van der Waals surface area (Å²) < 4.78 is 0. The number of aromatic nitrogens is 1. The number of pyridine rings is 1. The summed E-state index contributed by atoms with van der Waals surface area (Å²) in [6.45, 7) is 8.18. The second kappa shape index (κ2) is 9.88. The van der Waals surface area contributed by atoms with Gasteiger partial charge in [0.2, 0.25) is 5.91 Å². The number of nitrogens with zero attached hydrogens (tertiary/aromatic N) is 4. The highest BCUT2D eigenvalue weighted by atomic mass is 16.2. The van der Waals surface area contributed by atoms with Crippen molar-refractivity contribution in [3.8, 4) is 0 Å². The Morgan fingerprint density at radius 2 is 2.08 bits per heavy atom. The number of carbonyl (C=O) groups excluding carboxylic acids is 1. The van der Waals surface area contributed by atoms with Crippen molar-refractivity contribution in [2.75, 3.05) is 64.3 Å². The number of piperidine rings is 1. The van der Waals surface area contributed by atoms with E-state index < -0.39 is 0 Å². The lowest BCUT2D eigenvalue weighted by atomic mass is 9.96. The van der Waals surface area contributed by atoms with Crippen LogP contribution >= 0.6 is 0 Å². The Labute approximate surface area is 157 Å². The Morgan fingerprint density at radius 3 is 2.81 bits per heavy atom. The predicted octanol–water partition coefficient (Wildman–Crippen LogP) is 1.44. The number of piperazine rings is 1. The van der Waals surface area contributed by atoms with Gasteiger partial charge in [0.05, 0.1) is 0 Å². The minimum Gasteiger partial charge on any atom is -0.354 e. The van der Waals surface area contributed by atoms with Crippen molar-refractivity contribution in [3.63, 3.8) is 0 Å². The normalized spacial score (nSPS) is 21.8. The molecule has 1 aromatic rings. The van der Waals surface area contributed by atoms with Gasteiger partial charge in [-0.15, -0.1) is 0 Å². The van der Waals surface area contributed by atoms with Crippen LogP contribution in [-0.2, 0) is 4.79 Å². The molecule has 2 saturated heterocycles. The van der Waals surface area contributed by atoms with Gasteiger partial charge in [0.25, 0.3) is 0 Å². The molecule has 2 aliphatic rings. The maximum absolute atomic E-state index is 12.4. The van der Waals surface area contributed by atoms with Crippen molar-refractivity contribution in [2.45, 2.75) is 25.7 Å². The molecular weight excluding hydrogens is 326 g/mol. The molecule has 2 fully saturated rings. The number of hydrogen-bond donors (Lipinski definition) is 1. The summed E-state index contributed by atoms with van der Waals surface area (Å²) in [6, 6.07) is 6.11. The van der Waals surface area contributed by atoms with Crippen molar-refractivity contribution < 1.29 is 4.79 Å². The van der Waals surface area contributed by atoms with E-state index in [2.05, 4.69) is 37.1 Å². The second-order valence-electron chi connectivity index (χ2n) is 7.53. The van der Waals surface area contributed by atoms with E-state index in [0.717, 1.165) is 71.0 Å². The minimum atomic E-state index is 0.338. The second-order valence-corrected chi connectivity index (χ2v) is 7.53. The largest absolute Gasteiger partial charge is 0.354 e. The maximum Gasteiger partial charge on any atom is 0.222 e. The van der Waals surface area contributed by atoms with E-state index in [1.165, 1.54) is 6.42 Å². The SMILES string of the molecule is CNCCCC(=O)N1CCCC(CN2CCN(c3ccccn3)CC2)C1. The Balaban J connectivity index is 1.41. The fraction of sp³-hybridized carbons (Fsp3) is 0.700. The predicted molar refractivity (Wildman–Crippen MR) is 105 cm³/mol. The molecule has 1 aromatic heterocycles. The van der Waals surface area contributed by atoms with Crippen molar-refractivity contribution >= 4 is 11.7 Å². The van der Waals surface area contributed by atoms with E-state index in [-0.39, 0.29) is 0 Å². The standard InChI is InChI=1S/C20H33N5O/c1-21-9-4-8-20(26)25-11-5-6-18(17-25)16-23-12-14-24(15-13-23)19-7-2-3-10-22-19/h2-3,7,10,18,21H,4-6,8-9,11-17H2,1H3. The maximum atomic E-state index is 12.4. The third kappa shape index (κ3) is 5.42. The lowest BCUT2D eigenvalue weighted by Crippen LogP contribution is -2.50. The van der Waals surface area contributed by atoms with Crippen LogP contribution < -0.4 is 10.2 Å².